The molecule has 2 N–H and O–H groups in total. The van der Waals surface area contributed by atoms with Crippen molar-refractivity contribution < 1.29 is 8.42 Å². The largest absolute Gasteiger partial charge is 0.381 e. The average Bonchev–Trinajstić information content (AvgIpc) is 2.68. The number of sulfonamides is 1. The maximum Gasteiger partial charge on any atom is 0.261 e. The van der Waals surface area contributed by atoms with Crippen LogP contribution in [-0.4, -0.2) is 8.42 Å². The lowest BCUT2D eigenvalue weighted by molar-refractivity contribution is 0.601. The number of anilines is 2. The molecule has 140 valence electrons. The molecule has 3 aromatic rings. The first kappa shape index (κ1) is 19.0. The van der Waals surface area contributed by atoms with Crippen LogP contribution >= 0.6 is 0 Å². The highest BCUT2D eigenvalue weighted by Crippen LogP contribution is 2.21. The van der Waals surface area contributed by atoms with Gasteiger partial charge in [-0.1, -0.05) is 56.3 Å². The minimum atomic E-state index is -3.59. The van der Waals surface area contributed by atoms with Crippen LogP contribution in [0.3, 0.4) is 0 Å². The highest BCUT2D eigenvalue weighted by Gasteiger charge is 2.14. The third-order valence-electron chi connectivity index (χ3n) is 4.33. The Morgan fingerprint density at radius 3 is 1.96 bits per heavy atom. The van der Waals surface area contributed by atoms with Crippen LogP contribution in [0.25, 0.3) is 0 Å². The van der Waals surface area contributed by atoms with E-state index in [1.165, 1.54) is 5.56 Å². The molecule has 0 radical (unpaired) electrons. The van der Waals surface area contributed by atoms with Crippen LogP contribution in [0.5, 0.6) is 0 Å². The van der Waals surface area contributed by atoms with Crippen LogP contribution in [0.2, 0.25) is 0 Å². The summed E-state index contributed by atoms with van der Waals surface area (Å²) in [6.45, 7) is 4.87. The molecule has 4 nitrogen and oxygen atoms in total. The van der Waals surface area contributed by atoms with Gasteiger partial charge < -0.3 is 5.32 Å². The number of hydrogen-bond acceptors (Lipinski definition) is 3. The molecule has 0 aromatic heterocycles. The Morgan fingerprint density at radius 1 is 0.778 bits per heavy atom. The zero-order chi connectivity index (χ0) is 19.3. The van der Waals surface area contributed by atoms with E-state index in [1.807, 2.05) is 42.5 Å². The third kappa shape index (κ3) is 5.11. The van der Waals surface area contributed by atoms with E-state index < -0.39 is 10.0 Å². The number of rotatable bonds is 7. The van der Waals surface area contributed by atoms with Crippen LogP contribution in [0.4, 0.5) is 11.4 Å². The van der Waals surface area contributed by atoms with Crippen LogP contribution in [-0.2, 0) is 16.6 Å². The SMILES string of the molecule is CC(C)c1ccc(S(=O)(=O)Nc2ccc(NCc3ccccc3)cc2)cc1. The van der Waals surface area contributed by atoms with Crippen LogP contribution in [0.15, 0.2) is 83.8 Å². The molecule has 0 bridgehead atoms. The van der Waals surface area contributed by atoms with Gasteiger partial charge in [0.2, 0.25) is 0 Å². The second-order valence-corrected chi connectivity index (χ2v) is 8.43. The third-order valence-corrected chi connectivity index (χ3v) is 5.73. The van der Waals surface area contributed by atoms with Gasteiger partial charge in [-0.05, 0) is 53.4 Å². The van der Waals surface area contributed by atoms with Gasteiger partial charge in [-0.2, -0.15) is 0 Å². The molecule has 0 aliphatic heterocycles. The van der Waals surface area contributed by atoms with Crippen LogP contribution in [0, 0.1) is 0 Å². The van der Waals surface area contributed by atoms with Crippen molar-refractivity contribution in [1.82, 2.24) is 0 Å². The summed E-state index contributed by atoms with van der Waals surface area (Å²) in [6, 6.07) is 24.4. The maximum atomic E-state index is 12.6. The molecule has 0 aliphatic carbocycles. The van der Waals surface area contributed by atoms with Crippen molar-refractivity contribution in [2.75, 3.05) is 10.0 Å². The van der Waals surface area contributed by atoms with E-state index in [9.17, 15) is 8.42 Å². The van der Waals surface area contributed by atoms with E-state index in [0.717, 1.165) is 11.3 Å². The molecule has 0 fully saturated rings. The fourth-order valence-corrected chi connectivity index (χ4v) is 3.76. The van der Waals surface area contributed by atoms with Crippen molar-refractivity contribution in [2.24, 2.45) is 0 Å². The summed E-state index contributed by atoms with van der Waals surface area (Å²) in [7, 11) is -3.59. The lowest BCUT2D eigenvalue weighted by Gasteiger charge is -2.11. The lowest BCUT2D eigenvalue weighted by atomic mass is 10.0. The van der Waals surface area contributed by atoms with Gasteiger partial charge in [0.15, 0.2) is 0 Å². The molecular weight excluding hydrogens is 356 g/mol. The molecule has 3 aromatic carbocycles. The summed E-state index contributed by atoms with van der Waals surface area (Å²) in [6.07, 6.45) is 0. The molecule has 0 atom stereocenters. The van der Waals surface area contributed by atoms with Gasteiger partial charge in [0.05, 0.1) is 4.90 Å². The Hall–Kier alpha value is -2.79. The van der Waals surface area contributed by atoms with Gasteiger partial charge in [0, 0.05) is 17.9 Å². The fraction of sp³-hybridized carbons (Fsp3) is 0.182. The minimum Gasteiger partial charge on any atom is -0.381 e. The number of benzene rings is 3. The summed E-state index contributed by atoms with van der Waals surface area (Å²) in [4.78, 5) is 0.262. The molecule has 3 rings (SSSR count). The van der Waals surface area contributed by atoms with Crippen LogP contribution in [0.1, 0.15) is 30.9 Å². The monoisotopic (exact) mass is 380 g/mol. The normalized spacial score (nSPS) is 11.4. The number of hydrogen-bond donors (Lipinski definition) is 2. The van der Waals surface area contributed by atoms with Gasteiger partial charge in [-0.25, -0.2) is 8.42 Å². The molecule has 0 amide bonds. The fourth-order valence-electron chi connectivity index (χ4n) is 2.70. The summed E-state index contributed by atoms with van der Waals surface area (Å²) in [5.74, 6) is 0.366. The van der Waals surface area contributed by atoms with Crippen molar-refractivity contribution in [3.8, 4) is 0 Å². The predicted octanol–water partition coefficient (Wildman–Crippen LogP) is 5.22. The van der Waals surface area contributed by atoms with Crippen molar-refractivity contribution in [1.29, 1.82) is 0 Å². The highest BCUT2D eigenvalue weighted by molar-refractivity contribution is 7.92. The molecule has 0 spiro atoms. The molecule has 0 unspecified atom stereocenters. The first-order chi connectivity index (χ1) is 12.9. The average molecular weight is 381 g/mol. The summed E-state index contributed by atoms with van der Waals surface area (Å²) >= 11 is 0. The second kappa shape index (κ2) is 8.27. The van der Waals surface area contributed by atoms with Gasteiger partial charge in [-0.3, -0.25) is 4.72 Å². The second-order valence-electron chi connectivity index (χ2n) is 6.75. The quantitative estimate of drug-likeness (QED) is 0.590. The maximum absolute atomic E-state index is 12.6. The number of nitrogens with one attached hydrogen (secondary N) is 2. The molecule has 0 heterocycles. The summed E-state index contributed by atoms with van der Waals surface area (Å²) in [5, 5.41) is 3.32. The van der Waals surface area contributed by atoms with E-state index in [4.69, 9.17) is 0 Å². The van der Waals surface area contributed by atoms with E-state index >= 15 is 0 Å². The molecule has 0 saturated heterocycles. The zero-order valence-electron chi connectivity index (χ0n) is 15.5. The molecule has 0 saturated carbocycles. The lowest BCUT2D eigenvalue weighted by Crippen LogP contribution is -2.13. The topological polar surface area (TPSA) is 58.2 Å². The van der Waals surface area contributed by atoms with E-state index in [1.54, 1.807) is 24.3 Å². The van der Waals surface area contributed by atoms with E-state index in [2.05, 4.69) is 36.0 Å². The summed E-state index contributed by atoms with van der Waals surface area (Å²) in [5.41, 5.74) is 3.77. The van der Waals surface area contributed by atoms with Gasteiger partial charge in [-0.15, -0.1) is 0 Å². The van der Waals surface area contributed by atoms with E-state index in [0.29, 0.717) is 18.2 Å². The molecule has 27 heavy (non-hydrogen) atoms. The smallest absolute Gasteiger partial charge is 0.261 e. The van der Waals surface area contributed by atoms with E-state index in [-0.39, 0.29) is 4.90 Å². The van der Waals surface area contributed by atoms with Crippen molar-refractivity contribution in [2.45, 2.75) is 31.2 Å². The molecule has 5 heteroatoms. The summed E-state index contributed by atoms with van der Waals surface area (Å²) < 4.78 is 27.7. The minimum absolute atomic E-state index is 0.262. The zero-order valence-corrected chi connectivity index (χ0v) is 16.3. The van der Waals surface area contributed by atoms with Crippen molar-refractivity contribution in [3.63, 3.8) is 0 Å². The van der Waals surface area contributed by atoms with Crippen molar-refractivity contribution in [3.05, 3.63) is 90.0 Å². The Kier molecular flexibility index (Phi) is 5.81. The molecular formula is C22H24N2O2S. The van der Waals surface area contributed by atoms with Crippen LogP contribution < -0.4 is 10.0 Å². The Labute approximate surface area is 161 Å². The first-order valence-corrected chi connectivity index (χ1v) is 10.4. The Balaban J connectivity index is 1.64. The standard InChI is InChI=1S/C22H24N2O2S/c1-17(2)19-8-14-22(15-9-19)27(25,26)24-21-12-10-20(11-13-21)23-16-18-6-4-3-5-7-18/h3-15,17,23-24H,16H2,1-2H3. The van der Waals surface area contributed by atoms with Gasteiger partial charge in [0.1, 0.15) is 0 Å². The van der Waals surface area contributed by atoms with Gasteiger partial charge >= 0.3 is 0 Å². The Morgan fingerprint density at radius 2 is 1.37 bits per heavy atom. The first-order valence-electron chi connectivity index (χ1n) is 8.95. The van der Waals surface area contributed by atoms with Gasteiger partial charge in [0.25, 0.3) is 10.0 Å². The van der Waals surface area contributed by atoms with Crippen molar-refractivity contribution >= 4 is 21.4 Å². The Bertz CT molecular complexity index is 965. The highest BCUT2D eigenvalue weighted by atomic mass is 32.2. The molecule has 0 aliphatic rings. The predicted molar refractivity (Wildman–Crippen MR) is 112 cm³/mol.